The summed E-state index contributed by atoms with van der Waals surface area (Å²) in [5.74, 6) is -0.918. The molecule has 10 heteroatoms. The Morgan fingerprint density at radius 1 is 0.958 bits per heavy atom. The van der Waals surface area contributed by atoms with Gasteiger partial charge in [0.05, 0.1) is 25.8 Å². The fourth-order valence-corrected chi connectivity index (χ4v) is 2.76. The summed E-state index contributed by atoms with van der Waals surface area (Å²) >= 11 is 29.6. The van der Waals surface area contributed by atoms with E-state index in [-0.39, 0.29) is 42.5 Å². The number of carbonyl (C=O) groups excluding carboxylic acids is 2. The molecule has 0 bridgehead atoms. The summed E-state index contributed by atoms with van der Waals surface area (Å²) in [5, 5.41) is 4.91. The highest BCUT2D eigenvalue weighted by Gasteiger charge is 2.21. The van der Waals surface area contributed by atoms with Crippen LogP contribution in [0.4, 0.5) is 11.4 Å². The lowest BCUT2D eigenvalue weighted by Gasteiger charge is -2.11. The number of nitrogens with zero attached hydrogens (tertiary/aromatic N) is 1. The number of aromatic nitrogens is 1. The van der Waals surface area contributed by atoms with Crippen molar-refractivity contribution in [3.05, 3.63) is 49.1 Å². The molecule has 1 aromatic heterocycles. The smallest absolute Gasteiger partial charge is 0.275 e. The molecule has 1 heterocycles. The number of benzene rings is 1. The molecule has 2 N–H and O–H groups in total. The SMILES string of the molecule is CC(=O)Nc1ccc(NC(=O)c2nc(Cl)c(Cl)c(Cl)c2Cl)c(Cl)c1. The lowest BCUT2D eigenvalue weighted by Crippen LogP contribution is -2.15. The van der Waals surface area contributed by atoms with Gasteiger partial charge >= 0.3 is 0 Å². The maximum atomic E-state index is 12.3. The minimum absolute atomic E-state index is 0.0439. The third-order valence-corrected chi connectivity index (χ3v) is 4.73. The number of hydrogen-bond donors (Lipinski definition) is 2. The first-order chi connectivity index (χ1) is 11.2. The van der Waals surface area contributed by atoms with E-state index in [9.17, 15) is 9.59 Å². The normalized spacial score (nSPS) is 10.4. The van der Waals surface area contributed by atoms with Gasteiger partial charge in [0.1, 0.15) is 10.8 Å². The van der Waals surface area contributed by atoms with Gasteiger partial charge in [-0.25, -0.2) is 4.98 Å². The summed E-state index contributed by atoms with van der Waals surface area (Å²) in [6, 6.07) is 4.56. The van der Waals surface area contributed by atoms with Crippen molar-refractivity contribution in [3.63, 3.8) is 0 Å². The van der Waals surface area contributed by atoms with Crippen molar-refractivity contribution in [1.29, 1.82) is 0 Å². The van der Waals surface area contributed by atoms with Gasteiger partial charge < -0.3 is 10.6 Å². The highest BCUT2D eigenvalue weighted by atomic mass is 35.5. The molecule has 126 valence electrons. The van der Waals surface area contributed by atoms with Gasteiger partial charge in [-0.2, -0.15) is 0 Å². The minimum atomic E-state index is -0.672. The van der Waals surface area contributed by atoms with E-state index in [4.69, 9.17) is 58.0 Å². The summed E-state index contributed by atoms with van der Waals surface area (Å²) in [6.07, 6.45) is 0. The Morgan fingerprint density at radius 3 is 2.21 bits per heavy atom. The molecule has 0 fully saturated rings. The highest BCUT2D eigenvalue weighted by Crippen LogP contribution is 2.36. The van der Waals surface area contributed by atoms with Gasteiger partial charge in [0, 0.05) is 12.6 Å². The fraction of sp³-hybridized carbons (Fsp3) is 0.0714. The minimum Gasteiger partial charge on any atom is -0.326 e. The first kappa shape index (κ1) is 19.1. The number of hydrogen-bond acceptors (Lipinski definition) is 3. The van der Waals surface area contributed by atoms with Crippen LogP contribution in [0.3, 0.4) is 0 Å². The molecule has 0 saturated heterocycles. The van der Waals surface area contributed by atoms with E-state index in [0.29, 0.717) is 5.69 Å². The molecule has 0 aliphatic carbocycles. The van der Waals surface area contributed by atoms with Gasteiger partial charge in [0.15, 0.2) is 0 Å². The van der Waals surface area contributed by atoms with E-state index >= 15 is 0 Å². The lowest BCUT2D eigenvalue weighted by atomic mass is 10.2. The average molecular weight is 428 g/mol. The molecular weight excluding hydrogens is 419 g/mol. The third kappa shape index (κ3) is 4.23. The second-order valence-electron chi connectivity index (χ2n) is 4.52. The van der Waals surface area contributed by atoms with E-state index in [0.717, 1.165) is 0 Å². The van der Waals surface area contributed by atoms with Gasteiger partial charge in [-0.1, -0.05) is 58.0 Å². The summed E-state index contributed by atoms with van der Waals surface area (Å²) in [7, 11) is 0. The molecule has 0 aliphatic rings. The molecule has 2 aromatic rings. The van der Waals surface area contributed by atoms with Crippen LogP contribution in [-0.4, -0.2) is 16.8 Å². The second kappa shape index (κ2) is 7.76. The van der Waals surface area contributed by atoms with Gasteiger partial charge in [-0.3, -0.25) is 9.59 Å². The number of carbonyl (C=O) groups is 2. The largest absolute Gasteiger partial charge is 0.326 e. The number of anilines is 2. The van der Waals surface area contributed by atoms with Gasteiger partial charge in [-0.05, 0) is 18.2 Å². The summed E-state index contributed by atoms with van der Waals surface area (Å²) in [6.45, 7) is 1.37. The molecule has 5 nitrogen and oxygen atoms in total. The molecule has 0 saturated carbocycles. The van der Waals surface area contributed by atoms with E-state index in [1.54, 1.807) is 6.07 Å². The van der Waals surface area contributed by atoms with Crippen LogP contribution < -0.4 is 10.6 Å². The van der Waals surface area contributed by atoms with Gasteiger partial charge in [-0.15, -0.1) is 0 Å². The Bertz CT molecular complexity index is 842. The molecule has 0 aliphatic heterocycles. The van der Waals surface area contributed by atoms with Crippen molar-refractivity contribution in [2.24, 2.45) is 0 Å². The molecular formula is C14H8Cl5N3O2. The first-order valence-corrected chi connectivity index (χ1v) is 8.18. The molecule has 0 radical (unpaired) electrons. The van der Waals surface area contributed by atoms with Crippen LogP contribution in [0.5, 0.6) is 0 Å². The van der Waals surface area contributed by atoms with E-state index in [2.05, 4.69) is 15.6 Å². The van der Waals surface area contributed by atoms with Crippen molar-refractivity contribution in [2.75, 3.05) is 10.6 Å². The fourth-order valence-electron chi connectivity index (χ4n) is 1.72. The predicted octanol–water partition coefficient (Wildman–Crippen LogP) is 5.56. The van der Waals surface area contributed by atoms with Crippen LogP contribution >= 0.6 is 58.0 Å². The zero-order valence-electron chi connectivity index (χ0n) is 11.9. The maximum Gasteiger partial charge on any atom is 0.275 e. The second-order valence-corrected chi connectivity index (χ2v) is 6.42. The van der Waals surface area contributed by atoms with Crippen LogP contribution in [0.15, 0.2) is 18.2 Å². The Labute approximate surface area is 162 Å². The van der Waals surface area contributed by atoms with Crippen molar-refractivity contribution >= 4 is 81.2 Å². The Kier molecular flexibility index (Phi) is 6.17. The van der Waals surface area contributed by atoms with Gasteiger partial charge in [0.2, 0.25) is 5.91 Å². The molecule has 0 spiro atoms. The zero-order valence-corrected chi connectivity index (χ0v) is 15.7. The van der Waals surface area contributed by atoms with Crippen molar-refractivity contribution in [2.45, 2.75) is 6.92 Å². The van der Waals surface area contributed by atoms with Gasteiger partial charge in [0.25, 0.3) is 5.91 Å². The van der Waals surface area contributed by atoms with E-state index in [1.165, 1.54) is 19.1 Å². The predicted molar refractivity (Wildman–Crippen MR) is 98.0 cm³/mol. The first-order valence-electron chi connectivity index (χ1n) is 6.29. The van der Waals surface area contributed by atoms with Crippen LogP contribution in [0, 0.1) is 0 Å². The molecule has 24 heavy (non-hydrogen) atoms. The number of amides is 2. The molecule has 1 aromatic carbocycles. The number of nitrogens with one attached hydrogen (secondary N) is 2. The van der Waals surface area contributed by atoms with Crippen molar-refractivity contribution in [3.8, 4) is 0 Å². The summed E-state index contributed by atoms with van der Waals surface area (Å²) in [4.78, 5) is 27.2. The van der Waals surface area contributed by atoms with Crippen LogP contribution in [-0.2, 0) is 4.79 Å². The Balaban J connectivity index is 2.29. The Hall–Kier alpha value is -1.24. The molecule has 2 amide bonds. The van der Waals surface area contributed by atoms with E-state index < -0.39 is 5.91 Å². The standard InChI is InChI=1S/C14H8Cl5N3O2/c1-5(23)20-6-2-3-8(7(15)4-6)21-14(24)12-10(17)9(16)11(18)13(19)22-12/h2-4H,1H3,(H,20,23)(H,21,24). The number of pyridine rings is 1. The zero-order chi connectivity index (χ0) is 18.0. The molecule has 2 rings (SSSR count). The van der Waals surface area contributed by atoms with Crippen molar-refractivity contribution < 1.29 is 9.59 Å². The highest BCUT2D eigenvalue weighted by molar-refractivity contribution is 6.52. The molecule has 0 unspecified atom stereocenters. The maximum absolute atomic E-state index is 12.3. The van der Waals surface area contributed by atoms with Crippen molar-refractivity contribution in [1.82, 2.24) is 4.98 Å². The quantitative estimate of drug-likeness (QED) is 0.630. The monoisotopic (exact) mass is 425 g/mol. The average Bonchev–Trinajstić information content (AvgIpc) is 2.50. The van der Waals surface area contributed by atoms with Crippen LogP contribution in [0.2, 0.25) is 25.2 Å². The summed E-state index contributed by atoms with van der Waals surface area (Å²) in [5.41, 5.74) is 0.577. The van der Waals surface area contributed by atoms with Crippen LogP contribution in [0.25, 0.3) is 0 Å². The number of halogens is 5. The van der Waals surface area contributed by atoms with E-state index in [1.807, 2.05) is 0 Å². The Morgan fingerprint density at radius 2 is 1.62 bits per heavy atom. The topological polar surface area (TPSA) is 71.1 Å². The van der Waals surface area contributed by atoms with Crippen LogP contribution in [0.1, 0.15) is 17.4 Å². The molecule has 0 atom stereocenters. The number of rotatable bonds is 3. The third-order valence-electron chi connectivity index (χ3n) is 2.74. The summed E-state index contributed by atoms with van der Waals surface area (Å²) < 4.78 is 0. The lowest BCUT2D eigenvalue weighted by molar-refractivity contribution is -0.114.